The predicted octanol–water partition coefficient (Wildman–Crippen LogP) is 4.39. The molecule has 5 nitrogen and oxygen atoms in total. The molecule has 3 heterocycles. The first-order chi connectivity index (χ1) is 13.5. The van der Waals surface area contributed by atoms with Crippen molar-refractivity contribution in [3.63, 3.8) is 0 Å². The number of para-hydroxylation sites is 1. The summed E-state index contributed by atoms with van der Waals surface area (Å²) >= 11 is 1.47. The summed E-state index contributed by atoms with van der Waals surface area (Å²) in [5.41, 5.74) is 3.07. The summed E-state index contributed by atoms with van der Waals surface area (Å²) in [6.45, 7) is 3.84. The summed E-state index contributed by atoms with van der Waals surface area (Å²) in [5, 5.41) is 12.9. The van der Waals surface area contributed by atoms with Crippen molar-refractivity contribution in [2.24, 2.45) is 0 Å². The van der Waals surface area contributed by atoms with Crippen LogP contribution in [0.4, 0.5) is 5.69 Å². The molecule has 1 saturated heterocycles. The van der Waals surface area contributed by atoms with E-state index in [0.29, 0.717) is 11.3 Å². The summed E-state index contributed by atoms with van der Waals surface area (Å²) in [6, 6.07) is 12.0. The first-order valence-electron chi connectivity index (χ1n) is 8.81. The number of hydrogen-bond acceptors (Lipinski definition) is 5. The summed E-state index contributed by atoms with van der Waals surface area (Å²) in [4.78, 5) is 32.4. The molecule has 0 aliphatic carbocycles. The number of aliphatic hydroxyl groups is 1. The Bertz CT molecular complexity index is 1100. The van der Waals surface area contributed by atoms with Crippen LogP contribution in [-0.2, 0) is 9.59 Å². The highest BCUT2D eigenvalue weighted by Gasteiger charge is 2.48. The van der Waals surface area contributed by atoms with E-state index in [1.54, 1.807) is 12.1 Å². The van der Waals surface area contributed by atoms with Crippen LogP contribution in [0.3, 0.4) is 0 Å². The number of ketones is 1. The maximum atomic E-state index is 13.0. The van der Waals surface area contributed by atoms with Gasteiger partial charge in [-0.05, 0) is 54.6 Å². The minimum atomic E-state index is -0.685. The number of pyridine rings is 1. The van der Waals surface area contributed by atoms with Gasteiger partial charge in [0.25, 0.3) is 11.7 Å². The molecule has 0 spiro atoms. The molecule has 28 heavy (non-hydrogen) atoms. The molecule has 1 fully saturated rings. The zero-order valence-corrected chi connectivity index (χ0v) is 16.2. The number of aliphatic hydroxyl groups excluding tert-OH is 1. The van der Waals surface area contributed by atoms with Gasteiger partial charge in [-0.15, -0.1) is 11.3 Å². The van der Waals surface area contributed by atoms with Crippen LogP contribution in [0, 0.1) is 13.8 Å². The third-order valence-electron chi connectivity index (χ3n) is 4.92. The minimum absolute atomic E-state index is 0.102. The molecule has 0 saturated carbocycles. The molecule has 2 aromatic heterocycles. The van der Waals surface area contributed by atoms with Gasteiger partial charge in [0.2, 0.25) is 0 Å². The third-order valence-corrected chi connectivity index (χ3v) is 5.99. The standard InChI is InChI=1S/C22H18N2O3S/c1-13-5-3-4-6-16(13)24-18(21-14(2)9-12-28-21)17(20(26)22(24)27)19(25)15-7-10-23-11-8-15/h3-12,18,25H,1-2H3/b19-17-. The number of carbonyl (C=O) groups excluding carboxylic acids is 2. The average Bonchev–Trinajstić information content (AvgIpc) is 3.24. The Kier molecular flexibility index (Phi) is 4.57. The van der Waals surface area contributed by atoms with Crippen molar-refractivity contribution in [3.05, 3.63) is 87.4 Å². The largest absolute Gasteiger partial charge is 0.507 e. The maximum Gasteiger partial charge on any atom is 0.300 e. The zero-order chi connectivity index (χ0) is 19.8. The zero-order valence-electron chi connectivity index (χ0n) is 15.4. The number of hydrogen-bond donors (Lipinski definition) is 1. The van der Waals surface area contributed by atoms with Crippen molar-refractivity contribution < 1.29 is 14.7 Å². The van der Waals surface area contributed by atoms with E-state index in [1.807, 2.05) is 49.6 Å². The van der Waals surface area contributed by atoms with E-state index in [9.17, 15) is 14.7 Å². The quantitative estimate of drug-likeness (QED) is 0.409. The minimum Gasteiger partial charge on any atom is -0.507 e. The van der Waals surface area contributed by atoms with Gasteiger partial charge in [-0.2, -0.15) is 0 Å². The van der Waals surface area contributed by atoms with Gasteiger partial charge in [-0.25, -0.2) is 0 Å². The topological polar surface area (TPSA) is 70.5 Å². The average molecular weight is 390 g/mol. The van der Waals surface area contributed by atoms with E-state index >= 15 is 0 Å². The van der Waals surface area contributed by atoms with Crippen molar-refractivity contribution in [2.75, 3.05) is 4.90 Å². The van der Waals surface area contributed by atoms with Crippen LogP contribution in [0.5, 0.6) is 0 Å². The number of amides is 1. The molecule has 6 heteroatoms. The molecule has 1 atom stereocenters. The van der Waals surface area contributed by atoms with Crippen LogP contribution in [0.15, 0.2) is 65.8 Å². The molecule has 1 N–H and O–H groups in total. The highest BCUT2D eigenvalue weighted by Crippen LogP contribution is 2.45. The lowest BCUT2D eigenvalue weighted by Crippen LogP contribution is -2.30. The van der Waals surface area contributed by atoms with Crippen LogP contribution in [0.25, 0.3) is 5.76 Å². The van der Waals surface area contributed by atoms with Crippen LogP contribution in [0.2, 0.25) is 0 Å². The number of benzene rings is 1. The predicted molar refractivity (Wildman–Crippen MR) is 109 cm³/mol. The number of thiophene rings is 1. The van der Waals surface area contributed by atoms with Gasteiger partial charge in [0.05, 0.1) is 5.57 Å². The molecule has 0 bridgehead atoms. The van der Waals surface area contributed by atoms with Gasteiger partial charge >= 0.3 is 0 Å². The van der Waals surface area contributed by atoms with Crippen LogP contribution in [-0.4, -0.2) is 21.8 Å². The van der Waals surface area contributed by atoms with E-state index in [-0.39, 0.29) is 11.3 Å². The van der Waals surface area contributed by atoms with Crippen molar-refractivity contribution in [1.29, 1.82) is 0 Å². The Labute approximate surface area is 166 Å². The lowest BCUT2D eigenvalue weighted by atomic mass is 9.98. The van der Waals surface area contributed by atoms with Gasteiger partial charge in [0.1, 0.15) is 11.8 Å². The molecular formula is C22H18N2O3S. The molecule has 140 valence electrons. The Hall–Kier alpha value is -3.25. The summed E-state index contributed by atoms with van der Waals surface area (Å²) < 4.78 is 0. The van der Waals surface area contributed by atoms with Crippen molar-refractivity contribution >= 4 is 34.5 Å². The fraction of sp³-hybridized carbons (Fsp3) is 0.136. The monoisotopic (exact) mass is 390 g/mol. The Morgan fingerprint density at radius 1 is 1.04 bits per heavy atom. The number of Topliss-reactive ketones (excluding diaryl/α,β-unsaturated/α-hetero) is 1. The Morgan fingerprint density at radius 2 is 1.75 bits per heavy atom. The number of carbonyl (C=O) groups is 2. The third kappa shape index (κ3) is 2.82. The number of aryl methyl sites for hydroxylation is 2. The molecule has 1 amide bonds. The number of anilines is 1. The van der Waals surface area contributed by atoms with Crippen molar-refractivity contribution in [2.45, 2.75) is 19.9 Å². The molecule has 1 aliphatic rings. The molecule has 1 aliphatic heterocycles. The van der Waals surface area contributed by atoms with Gasteiger partial charge in [0, 0.05) is 28.5 Å². The van der Waals surface area contributed by atoms with E-state index in [1.165, 1.54) is 28.6 Å². The molecule has 1 aromatic carbocycles. The van der Waals surface area contributed by atoms with Crippen LogP contribution in [0.1, 0.15) is 27.6 Å². The summed E-state index contributed by atoms with van der Waals surface area (Å²) in [7, 11) is 0. The van der Waals surface area contributed by atoms with E-state index in [0.717, 1.165) is 16.0 Å². The highest BCUT2D eigenvalue weighted by atomic mass is 32.1. The molecule has 3 aromatic rings. The van der Waals surface area contributed by atoms with Gasteiger partial charge in [-0.3, -0.25) is 19.5 Å². The van der Waals surface area contributed by atoms with Crippen LogP contribution >= 0.6 is 11.3 Å². The first-order valence-corrected chi connectivity index (χ1v) is 9.69. The first kappa shape index (κ1) is 18.1. The second-order valence-corrected chi connectivity index (χ2v) is 7.61. The number of nitrogens with zero attached hydrogens (tertiary/aromatic N) is 2. The van der Waals surface area contributed by atoms with E-state index < -0.39 is 17.7 Å². The van der Waals surface area contributed by atoms with Gasteiger partial charge in [-0.1, -0.05) is 18.2 Å². The normalized spacial score (nSPS) is 18.6. The lowest BCUT2D eigenvalue weighted by Gasteiger charge is -2.26. The fourth-order valence-corrected chi connectivity index (χ4v) is 4.52. The second-order valence-electron chi connectivity index (χ2n) is 6.66. The van der Waals surface area contributed by atoms with Gasteiger partial charge < -0.3 is 5.11 Å². The Balaban J connectivity index is 1.99. The Morgan fingerprint density at radius 3 is 2.39 bits per heavy atom. The number of aromatic nitrogens is 1. The summed E-state index contributed by atoms with van der Waals surface area (Å²) in [6.07, 6.45) is 3.08. The SMILES string of the molecule is Cc1ccccc1N1C(=O)C(=O)/C(=C(\O)c2ccncc2)C1c1sccc1C. The maximum absolute atomic E-state index is 13.0. The van der Waals surface area contributed by atoms with Crippen molar-refractivity contribution in [1.82, 2.24) is 4.98 Å². The van der Waals surface area contributed by atoms with Gasteiger partial charge in [0.15, 0.2) is 0 Å². The fourth-order valence-electron chi connectivity index (χ4n) is 3.49. The number of rotatable bonds is 3. The van der Waals surface area contributed by atoms with E-state index in [4.69, 9.17) is 0 Å². The molecule has 1 unspecified atom stereocenters. The van der Waals surface area contributed by atoms with Crippen LogP contribution < -0.4 is 4.90 Å². The summed E-state index contributed by atoms with van der Waals surface area (Å²) in [5.74, 6) is -1.51. The molecule has 0 radical (unpaired) electrons. The highest BCUT2D eigenvalue weighted by molar-refractivity contribution is 7.10. The van der Waals surface area contributed by atoms with Crippen molar-refractivity contribution in [3.8, 4) is 0 Å². The smallest absolute Gasteiger partial charge is 0.300 e. The molecular weight excluding hydrogens is 372 g/mol. The second kappa shape index (κ2) is 7.05. The molecule has 4 rings (SSSR count). The van der Waals surface area contributed by atoms with E-state index in [2.05, 4.69) is 4.98 Å². The lowest BCUT2D eigenvalue weighted by molar-refractivity contribution is -0.132.